The highest BCUT2D eigenvalue weighted by Gasteiger charge is 2.07. The lowest BCUT2D eigenvalue weighted by molar-refractivity contribution is 0.568. The van der Waals surface area contributed by atoms with Crippen LogP contribution in [0.2, 0.25) is 5.02 Å². The number of likely N-dealkylation sites (N-methyl/N-ethyl adjacent to an activating group) is 1. The van der Waals surface area contributed by atoms with Crippen molar-refractivity contribution >= 4 is 17.3 Å². The molecule has 0 aliphatic carbocycles. The van der Waals surface area contributed by atoms with Crippen LogP contribution in [0.25, 0.3) is 0 Å². The van der Waals surface area contributed by atoms with Crippen molar-refractivity contribution in [3.8, 4) is 0 Å². The number of hydrogen-bond acceptors (Lipinski definition) is 4. The van der Waals surface area contributed by atoms with Gasteiger partial charge in [-0.15, -0.1) is 0 Å². The molecule has 1 aromatic rings. The molecule has 1 aromatic heterocycles. The second-order valence-electron chi connectivity index (χ2n) is 3.68. The Morgan fingerprint density at radius 2 is 2.18 bits per heavy atom. The van der Waals surface area contributed by atoms with E-state index >= 15 is 0 Å². The Hall–Kier alpha value is -1.07. The average Bonchev–Trinajstić information content (AvgIpc) is 2.33. The number of anilines is 1. The number of hydrogen-bond donors (Lipinski definition) is 2. The van der Waals surface area contributed by atoms with Gasteiger partial charge in [0.25, 0.3) is 5.56 Å². The van der Waals surface area contributed by atoms with Crippen LogP contribution in [0.1, 0.15) is 20.3 Å². The SMILES string of the molecule is CCCn1ncc(NCCNCC)c(Cl)c1=O. The Labute approximate surface area is 106 Å². The smallest absolute Gasteiger partial charge is 0.287 e. The molecule has 0 fully saturated rings. The molecule has 96 valence electrons. The Morgan fingerprint density at radius 1 is 1.41 bits per heavy atom. The van der Waals surface area contributed by atoms with Gasteiger partial charge in [0.05, 0.1) is 11.9 Å². The van der Waals surface area contributed by atoms with Gasteiger partial charge in [-0.3, -0.25) is 4.79 Å². The van der Waals surface area contributed by atoms with Crippen LogP contribution >= 0.6 is 11.6 Å². The van der Waals surface area contributed by atoms with E-state index in [1.807, 2.05) is 13.8 Å². The molecular weight excluding hydrogens is 240 g/mol. The lowest BCUT2D eigenvalue weighted by atomic mass is 10.4. The maximum atomic E-state index is 11.8. The fraction of sp³-hybridized carbons (Fsp3) is 0.636. The molecule has 0 spiro atoms. The average molecular weight is 259 g/mol. The molecule has 0 aliphatic rings. The van der Waals surface area contributed by atoms with E-state index in [2.05, 4.69) is 15.7 Å². The first-order valence-electron chi connectivity index (χ1n) is 5.90. The van der Waals surface area contributed by atoms with Crippen molar-refractivity contribution in [2.24, 2.45) is 0 Å². The summed E-state index contributed by atoms with van der Waals surface area (Å²) in [6.45, 7) is 7.09. The number of aromatic nitrogens is 2. The highest BCUT2D eigenvalue weighted by molar-refractivity contribution is 6.32. The highest BCUT2D eigenvalue weighted by atomic mass is 35.5. The zero-order valence-electron chi connectivity index (χ0n) is 10.3. The quantitative estimate of drug-likeness (QED) is 0.725. The molecule has 17 heavy (non-hydrogen) atoms. The Balaban J connectivity index is 2.68. The topological polar surface area (TPSA) is 59.0 Å². The summed E-state index contributed by atoms with van der Waals surface area (Å²) in [5, 5.41) is 10.5. The molecule has 0 bridgehead atoms. The van der Waals surface area contributed by atoms with E-state index in [0.29, 0.717) is 18.8 Å². The van der Waals surface area contributed by atoms with Crippen molar-refractivity contribution in [1.82, 2.24) is 15.1 Å². The lowest BCUT2D eigenvalue weighted by Gasteiger charge is -2.09. The summed E-state index contributed by atoms with van der Waals surface area (Å²) in [6, 6.07) is 0. The van der Waals surface area contributed by atoms with E-state index in [1.54, 1.807) is 6.20 Å². The third-order valence-corrected chi connectivity index (χ3v) is 2.65. The van der Waals surface area contributed by atoms with Crippen LogP contribution in [0, 0.1) is 0 Å². The molecule has 0 aliphatic heterocycles. The number of nitrogens with one attached hydrogen (secondary N) is 2. The summed E-state index contributed by atoms with van der Waals surface area (Å²) in [6.07, 6.45) is 2.46. The standard InChI is InChI=1S/C11H19ClN4O/c1-3-7-16-11(17)10(12)9(8-15-16)14-6-5-13-4-2/h8,13-14H,3-7H2,1-2H3. The van der Waals surface area contributed by atoms with Crippen LogP contribution in [-0.4, -0.2) is 29.4 Å². The van der Waals surface area contributed by atoms with Crippen molar-refractivity contribution in [2.75, 3.05) is 25.0 Å². The number of nitrogens with zero attached hydrogens (tertiary/aromatic N) is 2. The molecular formula is C11H19ClN4O. The van der Waals surface area contributed by atoms with Crippen LogP contribution in [0.5, 0.6) is 0 Å². The van der Waals surface area contributed by atoms with Crippen molar-refractivity contribution in [2.45, 2.75) is 26.8 Å². The predicted molar refractivity (Wildman–Crippen MR) is 70.8 cm³/mol. The molecule has 0 unspecified atom stereocenters. The van der Waals surface area contributed by atoms with Crippen LogP contribution in [0.3, 0.4) is 0 Å². The minimum Gasteiger partial charge on any atom is -0.381 e. The maximum Gasteiger partial charge on any atom is 0.287 e. The first-order chi connectivity index (χ1) is 8.20. The minimum atomic E-state index is -0.234. The summed E-state index contributed by atoms with van der Waals surface area (Å²) in [5.41, 5.74) is 0.365. The van der Waals surface area contributed by atoms with Crippen molar-refractivity contribution in [3.63, 3.8) is 0 Å². The van der Waals surface area contributed by atoms with Gasteiger partial charge in [-0.2, -0.15) is 5.10 Å². The second kappa shape index (κ2) is 7.29. The Kier molecular flexibility index (Phi) is 6.00. The Bertz CT molecular complexity index is 405. The van der Waals surface area contributed by atoms with E-state index in [9.17, 15) is 4.79 Å². The Morgan fingerprint density at radius 3 is 2.82 bits per heavy atom. The fourth-order valence-corrected chi connectivity index (χ4v) is 1.63. The first-order valence-corrected chi connectivity index (χ1v) is 6.28. The van der Waals surface area contributed by atoms with Gasteiger partial charge >= 0.3 is 0 Å². The van der Waals surface area contributed by atoms with Gasteiger partial charge in [-0.05, 0) is 13.0 Å². The minimum absolute atomic E-state index is 0.213. The molecule has 2 N–H and O–H groups in total. The van der Waals surface area contributed by atoms with E-state index in [4.69, 9.17) is 11.6 Å². The lowest BCUT2D eigenvalue weighted by Crippen LogP contribution is -2.26. The monoisotopic (exact) mass is 258 g/mol. The van der Waals surface area contributed by atoms with Gasteiger partial charge in [-0.25, -0.2) is 4.68 Å². The molecule has 5 nitrogen and oxygen atoms in total. The first kappa shape index (κ1) is 14.0. The molecule has 0 aromatic carbocycles. The van der Waals surface area contributed by atoms with Crippen LogP contribution < -0.4 is 16.2 Å². The van der Waals surface area contributed by atoms with Crippen LogP contribution in [-0.2, 0) is 6.54 Å². The largest absolute Gasteiger partial charge is 0.381 e. The molecule has 1 rings (SSSR count). The molecule has 0 radical (unpaired) electrons. The summed E-state index contributed by atoms with van der Waals surface area (Å²) >= 11 is 5.99. The summed E-state index contributed by atoms with van der Waals surface area (Å²) in [5.74, 6) is 0. The normalized spacial score (nSPS) is 10.5. The zero-order chi connectivity index (χ0) is 12.7. The second-order valence-corrected chi connectivity index (χ2v) is 4.06. The summed E-state index contributed by atoms with van der Waals surface area (Å²) in [7, 11) is 0. The third-order valence-electron chi connectivity index (χ3n) is 2.29. The molecule has 1 heterocycles. The molecule has 0 saturated carbocycles. The van der Waals surface area contributed by atoms with Crippen LogP contribution in [0.4, 0.5) is 5.69 Å². The van der Waals surface area contributed by atoms with Gasteiger partial charge in [0.1, 0.15) is 5.02 Å². The van der Waals surface area contributed by atoms with E-state index < -0.39 is 0 Å². The van der Waals surface area contributed by atoms with Crippen molar-refractivity contribution in [3.05, 3.63) is 21.6 Å². The van der Waals surface area contributed by atoms with Gasteiger partial charge in [0, 0.05) is 19.6 Å². The number of rotatable bonds is 7. The fourth-order valence-electron chi connectivity index (χ4n) is 1.42. The van der Waals surface area contributed by atoms with Gasteiger partial charge in [0.15, 0.2) is 0 Å². The maximum absolute atomic E-state index is 11.8. The summed E-state index contributed by atoms with van der Waals surface area (Å²) < 4.78 is 1.39. The van der Waals surface area contributed by atoms with Crippen molar-refractivity contribution in [1.29, 1.82) is 0 Å². The van der Waals surface area contributed by atoms with Gasteiger partial charge in [0.2, 0.25) is 0 Å². The molecule has 0 saturated heterocycles. The molecule has 6 heteroatoms. The number of aryl methyl sites for hydroxylation is 1. The van der Waals surface area contributed by atoms with E-state index in [-0.39, 0.29) is 10.6 Å². The van der Waals surface area contributed by atoms with E-state index in [0.717, 1.165) is 19.5 Å². The highest BCUT2D eigenvalue weighted by Crippen LogP contribution is 2.14. The van der Waals surface area contributed by atoms with Crippen LogP contribution in [0.15, 0.2) is 11.0 Å². The summed E-state index contributed by atoms with van der Waals surface area (Å²) in [4.78, 5) is 11.8. The third kappa shape index (κ3) is 4.02. The van der Waals surface area contributed by atoms with Gasteiger partial charge in [-0.1, -0.05) is 25.4 Å². The number of halogens is 1. The van der Waals surface area contributed by atoms with Gasteiger partial charge < -0.3 is 10.6 Å². The zero-order valence-corrected chi connectivity index (χ0v) is 11.0. The molecule has 0 amide bonds. The van der Waals surface area contributed by atoms with Crippen molar-refractivity contribution < 1.29 is 0 Å². The molecule has 0 atom stereocenters. The predicted octanol–water partition coefficient (Wildman–Crippen LogP) is 1.33. The van der Waals surface area contributed by atoms with E-state index in [1.165, 1.54) is 4.68 Å².